The van der Waals surface area contributed by atoms with Crippen LogP contribution in [0, 0.1) is 0 Å². The van der Waals surface area contributed by atoms with Crippen molar-refractivity contribution in [3.63, 3.8) is 0 Å². The van der Waals surface area contributed by atoms with E-state index in [0.717, 1.165) is 0 Å². The van der Waals surface area contributed by atoms with Gasteiger partial charge in [0.1, 0.15) is 0 Å². The molecular formula is C5H13NO2. The average molecular weight is 119 g/mol. The Balaban J connectivity index is 3.37. The van der Waals surface area contributed by atoms with Gasteiger partial charge < -0.3 is 15.9 Å². The van der Waals surface area contributed by atoms with Crippen molar-refractivity contribution in [1.29, 1.82) is 0 Å². The Morgan fingerprint density at radius 2 is 2.12 bits per heavy atom. The van der Waals surface area contributed by atoms with Crippen molar-refractivity contribution in [3.05, 3.63) is 0 Å². The van der Waals surface area contributed by atoms with Gasteiger partial charge >= 0.3 is 0 Å². The molecule has 0 rings (SSSR count). The van der Waals surface area contributed by atoms with E-state index >= 15 is 0 Å². The molecule has 0 aromatic carbocycles. The van der Waals surface area contributed by atoms with E-state index in [1.807, 2.05) is 0 Å². The Kier molecular flexibility index (Phi) is 2.97. The lowest BCUT2D eigenvalue weighted by molar-refractivity contribution is 0.0418. The topological polar surface area (TPSA) is 66.5 Å². The monoisotopic (exact) mass is 119 g/mol. The Morgan fingerprint density at radius 3 is 2.25 bits per heavy atom. The van der Waals surface area contributed by atoms with E-state index in [0.29, 0.717) is 6.42 Å². The first-order valence-corrected chi connectivity index (χ1v) is 2.66. The van der Waals surface area contributed by atoms with Crippen LogP contribution in [0.15, 0.2) is 0 Å². The van der Waals surface area contributed by atoms with E-state index in [9.17, 15) is 0 Å². The summed E-state index contributed by atoms with van der Waals surface area (Å²) in [5, 5.41) is 17.4. The highest BCUT2D eigenvalue weighted by Gasteiger charge is 2.15. The summed E-state index contributed by atoms with van der Waals surface area (Å²) in [6.07, 6.45) is 0.351. The minimum atomic E-state index is -0.880. The molecule has 0 aromatic heterocycles. The quantitative estimate of drug-likeness (QED) is 0.450. The molecule has 0 heterocycles. The lowest BCUT2D eigenvalue weighted by Crippen LogP contribution is -2.34. The van der Waals surface area contributed by atoms with Crippen LogP contribution in [0.3, 0.4) is 0 Å². The summed E-state index contributed by atoms with van der Waals surface area (Å²) in [6.45, 7) is 1.79. The molecule has 50 valence electrons. The van der Waals surface area contributed by atoms with Gasteiger partial charge in [0, 0.05) is 19.6 Å². The molecule has 0 aliphatic heterocycles. The molecule has 3 nitrogen and oxygen atoms in total. The zero-order valence-corrected chi connectivity index (χ0v) is 5.09. The third-order valence-electron chi connectivity index (χ3n) is 1.09. The van der Waals surface area contributed by atoms with Gasteiger partial charge in [0.15, 0.2) is 0 Å². The van der Waals surface area contributed by atoms with Gasteiger partial charge in [-0.2, -0.15) is 0 Å². The van der Waals surface area contributed by atoms with Gasteiger partial charge in [-0.1, -0.05) is 0 Å². The van der Waals surface area contributed by atoms with Crippen LogP contribution in [0.5, 0.6) is 0 Å². The van der Waals surface area contributed by atoms with Crippen LogP contribution in [0.25, 0.3) is 0 Å². The molecule has 0 aliphatic carbocycles. The molecule has 0 aliphatic rings. The van der Waals surface area contributed by atoms with E-state index in [1.165, 1.54) is 0 Å². The molecule has 4 N–H and O–H groups in total. The molecule has 0 aromatic rings. The summed E-state index contributed by atoms with van der Waals surface area (Å²) >= 11 is 0. The molecular weight excluding hydrogens is 106 g/mol. The first kappa shape index (κ1) is 7.88. The van der Waals surface area contributed by atoms with Crippen molar-refractivity contribution in [2.45, 2.75) is 18.9 Å². The minimum Gasteiger partial charge on any atom is -0.396 e. The third kappa shape index (κ3) is 2.96. The van der Waals surface area contributed by atoms with E-state index in [-0.39, 0.29) is 13.2 Å². The summed E-state index contributed by atoms with van der Waals surface area (Å²) < 4.78 is 0. The molecule has 0 fully saturated rings. The summed E-state index contributed by atoms with van der Waals surface area (Å²) in [6, 6.07) is 0. The molecule has 1 unspecified atom stereocenters. The molecule has 0 spiro atoms. The number of rotatable bonds is 3. The first-order valence-electron chi connectivity index (χ1n) is 2.66. The van der Waals surface area contributed by atoms with Gasteiger partial charge in [0.25, 0.3) is 0 Å². The second kappa shape index (κ2) is 3.02. The minimum absolute atomic E-state index is 0.00972. The zero-order chi connectivity index (χ0) is 6.62. The summed E-state index contributed by atoms with van der Waals surface area (Å²) in [7, 11) is 0. The van der Waals surface area contributed by atoms with Crippen molar-refractivity contribution >= 4 is 0 Å². The fourth-order valence-electron chi connectivity index (χ4n) is 0.343. The standard InChI is InChI=1S/C5H13NO2/c1-5(8,4-6)2-3-7/h7-8H,2-4,6H2,1H3. The molecule has 0 bridgehead atoms. The highest BCUT2D eigenvalue weighted by Crippen LogP contribution is 2.03. The number of hydrogen-bond donors (Lipinski definition) is 3. The molecule has 0 radical (unpaired) electrons. The number of aliphatic hydroxyl groups excluding tert-OH is 1. The maximum atomic E-state index is 9.04. The van der Waals surface area contributed by atoms with E-state index in [4.69, 9.17) is 15.9 Å². The number of aliphatic hydroxyl groups is 2. The van der Waals surface area contributed by atoms with Crippen LogP contribution < -0.4 is 5.73 Å². The largest absolute Gasteiger partial charge is 0.396 e. The average Bonchev–Trinajstić information content (AvgIpc) is 1.67. The smallest absolute Gasteiger partial charge is 0.0763 e. The van der Waals surface area contributed by atoms with Crippen LogP contribution in [0.2, 0.25) is 0 Å². The molecule has 1 atom stereocenters. The lowest BCUT2D eigenvalue weighted by atomic mass is 10.0. The van der Waals surface area contributed by atoms with Crippen molar-refractivity contribution in [2.75, 3.05) is 13.2 Å². The van der Waals surface area contributed by atoms with Crippen molar-refractivity contribution in [2.24, 2.45) is 5.73 Å². The SMILES string of the molecule is CC(O)(CN)CCO. The number of nitrogens with two attached hydrogens (primary N) is 1. The number of hydrogen-bond acceptors (Lipinski definition) is 3. The Bertz CT molecular complexity index is 63.4. The van der Waals surface area contributed by atoms with Gasteiger partial charge in [0.05, 0.1) is 5.60 Å². The van der Waals surface area contributed by atoms with Crippen LogP contribution >= 0.6 is 0 Å². The summed E-state index contributed by atoms with van der Waals surface area (Å²) in [5.41, 5.74) is 4.25. The van der Waals surface area contributed by atoms with Gasteiger partial charge in [-0.05, 0) is 6.92 Å². The Hall–Kier alpha value is -0.120. The normalized spacial score (nSPS) is 18.0. The second-order valence-corrected chi connectivity index (χ2v) is 2.17. The van der Waals surface area contributed by atoms with Crippen molar-refractivity contribution in [3.8, 4) is 0 Å². The van der Waals surface area contributed by atoms with Gasteiger partial charge in [0.2, 0.25) is 0 Å². The Morgan fingerprint density at radius 1 is 1.62 bits per heavy atom. The van der Waals surface area contributed by atoms with Crippen molar-refractivity contribution in [1.82, 2.24) is 0 Å². The van der Waals surface area contributed by atoms with Crippen LogP contribution in [0.4, 0.5) is 0 Å². The summed E-state index contributed by atoms with van der Waals surface area (Å²) in [4.78, 5) is 0. The second-order valence-electron chi connectivity index (χ2n) is 2.17. The van der Waals surface area contributed by atoms with E-state index in [2.05, 4.69) is 0 Å². The van der Waals surface area contributed by atoms with Gasteiger partial charge in [-0.3, -0.25) is 0 Å². The van der Waals surface area contributed by atoms with Gasteiger partial charge in [-0.15, -0.1) is 0 Å². The van der Waals surface area contributed by atoms with Gasteiger partial charge in [-0.25, -0.2) is 0 Å². The predicted molar refractivity (Wildman–Crippen MR) is 31.4 cm³/mol. The van der Waals surface area contributed by atoms with Crippen LogP contribution in [0.1, 0.15) is 13.3 Å². The van der Waals surface area contributed by atoms with Crippen LogP contribution in [-0.2, 0) is 0 Å². The zero-order valence-electron chi connectivity index (χ0n) is 5.09. The fourth-order valence-corrected chi connectivity index (χ4v) is 0.343. The van der Waals surface area contributed by atoms with Crippen LogP contribution in [-0.4, -0.2) is 29.0 Å². The summed E-state index contributed by atoms with van der Waals surface area (Å²) in [5.74, 6) is 0. The van der Waals surface area contributed by atoms with E-state index < -0.39 is 5.60 Å². The highest BCUT2D eigenvalue weighted by atomic mass is 16.3. The predicted octanol–water partition coefficient (Wildman–Crippen LogP) is -0.922. The first-order chi connectivity index (χ1) is 3.62. The Labute approximate surface area is 49.1 Å². The molecule has 0 saturated carbocycles. The maximum Gasteiger partial charge on any atom is 0.0763 e. The lowest BCUT2D eigenvalue weighted by Gasteiger charge is -2.18. The molecule has 0 saturated heterocycles. The highest BCUT2D eigenvalue weighted by molar-refractivity contribution is 4.71. The molecule has 3 heteroatoms. The fraction of sp³-hybridized carbons (Fsp3) is 1.00. The van der Waals surface area contributed by atoms with Crippen molar-refractivity contribution < 1.29 is 10.2 Å². The third-order valence-corrected chi connectivity index (χ3v) is 1.09. The molecule has 8 heavy (non-hydrogen) atoms. The molecule has 0 amide bonds. The van der Waals surface area contributed by atoms with E-state index in [1.54, 1.807) is 6.92 Å². The maximum absolute atomic E-state index is 9.04.